The van der Waals surface area contributed by atoms with Gasteiger partial charge in [-0.15, -0.1) is 0 Å². The fourth-order valence-electron chi connectivity index (χ4n) is 4.35. The Hall–Kier alpha value is -0.870. The lowest BCUT2D eigenvalue weighted by atomic mass is 9.88. The monoisotopic (exact) mass is 452 g/mol. The van der Waals surface area contributed by atoms with Gasteiger partial charge in [-0.25, -0.2) is 0 Å². The highest BCUT2D eigenvalue weighted by Gasteiger charge is 2.45. The molecule has 0 aliphatic rings. The summed E-state index contributed by atoms with van der Waals surface area (Å²) in [5, 5.41) is 0. The molecule has 0 aliphatic heterocycles. The Kier molecular flexibility index (Phi) is 15.2. The second-order valence-electron chi connectivity index (χ2n) is 9.03. The summed E-state index contributed by atoms with van der Waals surface area (Å²) in [6.07, 6.45) is 17.3. The van der Waals surface area contributed by atoms with E-state index in [4.69, 9.17) is 4.18 Å². The lowest BCUT2D eigenvalue weighted by Crippen LogP contribution is -2.37. The maximum absolute atomic E-state index is 13.5. The highest BCUT2D eigenvalue weighted by Crippen LogP contribution is 2.41. The van der Waals surface area contributed by atoms with Crippen LogP contribution in [0.15, 0.2) is 30.3 Å². The minimum absolute atomic E-state index is 0.311. The molecule has 4 heteroatoms. The zero-order chi connectivity index (χ0) is 22.8. The number of hydrogen-bond acceptors (Lipinski definition) is 3. The summed E-state index contributed by atoms with van der Waals surface area (Å²) in [5.41, 5.74) is 0.889. The molecule has 1 aromatic carbocycles. The first-order valence-corrected chi connectivity index (χ1v) is 14.4. The molecule has 0 bridgehead atoms. The van der Waals surface area contributed by atoms with E-state index in [-0.39, 0.29) is 0 Å². The van der Waals surface area contributed by atoms with Crippen molar-refractivity contribution in [2.45, 2.75) is 128 Å². The maximum atomic E-state index is 13.5. The van der Waals surface area contributed by atoms with Gasteiger partial charge < -0.3 is 0 Å². The van der Waals surface area contributed by atoms with E-state index in [1.54, 1.807) is 0 Å². The number of hydrogen-bond donors (Lipinski definition) is 0. The number of rotatable bonds is 20. The van der Waals surface area contributed by atoms with Crippen molar-refractivity contribution in [1.82, 2.24) is 0 Å². The van der Waals surface area contributed by atoms with E-state index >= 15 is 0 Å². The van der Waals surface area contributed by atoms with Crippen molar-refractivity contribution in [1.29, 1.82) is 0 Å². The van der Waals surface area contributed by atoms with Crippen LogP contribution in [0, 0.1) is 0 Å². The Bertz CT molecular complexity index is 632. The Morgan fingerprint density at radius 2 is 1.10 bits per heavy atom. The van der Waals surface area contributed by atoms with Crippen LogP contribution in [-0.2, 0) is 19.0 Å². The lowest BCUT2D eigenvalue weighted by Gasteiger charge is -2.33. The molecule has 0 radical (unpaired) electrons. The molecule has 0 saturated heterocycles. The quantitative estimate of drug-likeness (QED) is 0.147. The van der Waals surface area contributed by atoms with Crippen molar-refractivity contribution in [2.75, 3.05) is 6.61 Å². The molecule has 0 atom stereocenters. The number of benzene rings is 1. The summed E-state index contributed by atoms with van der Waals surface area (Å²) in [6.45, 7) is 6.80. The van der Waals surface area contributed by atoms with Gasteiger partial charge in [-0.3, -0.25) is 4.18 Å². The SMILES string of the molecule is CCCCCCCCCCCCOS(=O)(=O)C(CCCC)(CCCC)c1ccccc1. The third-order valence-corrected chi connectivity index (χ3v) is 8.46. The first-order chi connectivity index (χ1) is 15.0. The van der Waals surface area contributed by atoms with Gasteiger partial charge in [-0.2, -0.15) is 8.42 Å². The fourth-order valence-corrected chi connectivity index (χ4v) is 6.12. The average Bonchev–Trinajstić information content (AvgIpc) is 2.78. The third-order valence-electron chi connectivity index (χ3n) is 6.38. The summed E-state index contributed by atoms with van der Waals surface area (Å²) >= 11 is 0. The van der Waals surface area contributed by atoms with Crippen LogP contribution in [0.25, 0.3) is 0 Å². The lowest BCUT2D eigenvalue weighted by molar-refractivity contribution is 0.276. The molecular weight excluding hydrogens is 404 g/mol. The van der Waals surface area contributed by atoms with Crippen molar-refractivity contribution >= 4 is 10.1 Å². The molecule has 0 heterocycles. The Balaban J connectivity index is 2.60. The highest BCUT2D eigenvalue weighted by molar-refractivity contribution is 7.87. The van der Waals surface area contributed by atoms with Crippen molar-refractivity contribution in [3.63, 3.8) is 0 Å². The van der Waals surface area contributed by atoms with Crippen LogP contribution in [0.4, 0.5) is 0 Å². The Morgan fingerprint density at radius 3 is 1.58 bits per heavy atom. The molecule has 0 saturated carbocycles. The van der Waals surface area contributed by atoms with Gasteiger partial charge in [-0.1, -0.05) is 135 Å². The third kappa shape index (κ3) is 10.1. The molecule has 0 unspecified atom stereocenters. The predicted octanol–water partition coefficient (Wildman–Crippen LogP) is 8.53. The van der Waals surface area contributed by atoms with Crippen LogP contribution in [-0.4, -0.2) is 15.0 Å². The summed E-state index contributed by atoms with van der Waals surface area (Å²) in [7, 11) is -3.69. The second-order valence-corrected chi connectivity index (χ2v) is 11.0. The normalized spacial score (nSPS) is 12.4. The Morgan fingerprint density at radius 1 is 0.645 bits per heavy atom. The van der Waals surface area contributed by atoms with Gasteiger partial charge in [0.2, 0.25) is 0 Å². The first kappa shape index (κ1) is 28.2. The van der Waals surface area contributed by atoms with Crippen molar-refractivity contribution in [2.24, 2.45) is 0 Å². The maximum Gasteiger partial charge on any atom is 0.277 e. The molecule has 0 aliphatic carbocycles. The van der Waals surface area contributed by atoms with E-state index in [1.807, 2.05) is 30.3 Å². The smallest absolute Gasteiger partial charge is 0.269 e. The zero-order valence-corrected chi connectivity index (χ0v) is 21.4. The van der Waals surface area contributed by atoms with Gasteiger partial charge in [0.05, 0.1) is 6.61 Å². The Labute approximate surface area is 193 Å². The first-order valence-electron chi connectivity index (χ1n) is 13.0. The van der Waals surface area contributed by atoms with Crippen LogP contribution >= 0.6 is 0 Å². The van der Waals surface area contributed by atoms with Crippen molar-refractivity contribution in [3.05, 3.63) is 35.9 Å². The largest absolute Gasteiger partial charge is 0.277 e. The van der Waals surface area contributed by atoms with E-state index < -0.39 is 14.9 Å². The minimum Gasteiger partial charge on any atom is -0.269 e. The minimum atomic E-state index is -3.69. The molecule has 1 rings (SSSR count). The molecule has 1 aromatic rings. The van der Waals surface area contributed by atoms with Crippen LogP contribution < -0.4 is 0 Å². The predicted molar refractivity (Wildman–Crippen MR) is 134 cm³/mol. The summed E-state index contributed by atoms with van der Waals surface area (Å²) < 4.78 is 31.8. The molecule has 31 heavy (non-hydrogen) atoms. The zero-order valence-electron chi connectivity index (χ0n) is 20.5. The standard InChI is InChI=1S/C27H48O3S/c1-4-7-10-11-12-13-14-15-16-20-25-30-31(28,29)27(23-8-5-2,24-9-6-3)26-21-18-17-19-22-26/h17-19,21-22H,4-16,20,23-25H2,1-3H3. The highest BCUT2D eigenvalue weighted by atomic mass is 32.2. The van der Waals surface area contributed by atoms with Crippen LogP contribution in [0.3, 0.4) is 0 Å². The van der Waals surface area contributed by atoms with Crippen molar-refractivity contribution < 1.29 is 12.6 Å². The molecule has 3 nitrogen and oxygen atoms in total. The van der Waals surface area contributed by atoms with E-state index in [1.165, 1.54) is 51.4 Å². The van der Waals surface area contributed by atoms with E-state index in [9.17, 15) is 8.42 Å². The van der Waals surface area contributed by atoms with E-state index in [0.29, 0.717) is 19.4 Å². The van der Waals surface area contributed by atoms with Crippen LogP contribution in [0.2, 0.25) is 0 Å². The molecule has 0 aromatic heterocycles. The van der Waals surface area contributed by atoms with E-state index in [0.717, 1.165) is 44.1 Å². The van der Waals surface area contributed by atoms with Gasteiger partial charge >= 0.3 is 0 Å². The number of unbranched alkanes of at least 4 members (excludes halogenated alkanes) is 11. The fraction of sp³-hybridized carbons (Fsp3) is 0.778. The molecule has 0 fully saturated rings. The average molecular weight is 453 g/mol. The molecule has 0 N–H and O–H groups in total. The second kappa shape index (κ2) is 16.7. The van der Waals surface area contributed by atoms with Crippen LogP contribution in [0.5, 0.6) is 0 Å². The topological polar surface area (TPSA) is 43.4 Å². The summed E-state index contributed by atoms with van der Waals surface area (Å²) in [4.78, 5) is 0. The molecular formula is C27H48O3S. The van der Waals surface area contributed by atoms with Gasteiger partial charge in [0.25, 0.3) is 10.1 Å². The summed E-state index contributed by atoms with van der Waals surface area (Å²) in [5.74, 6) is 0. The van der Waals surface area contributed by atoms with Gasteiger partial charge in [0.15, 0.2) is 0 Å². The molecule has 0 spiro atoms. The van der Waals surface area contributed by atoms with Gasteiger partial charge in [-0.05, 0) is 24.8 Å². The van der Waals surface area contributed by atoms with Gasteiger partial charge in [0.1, 0.15) is 4.75 Å². The molecule has 0 amide bonds. The summed E-state index contributed by atoms with van der Waals surface area (Å²) in [6, 6.07) is 9.77. The molecule has 180 valence electrons. The van der Waals surface area contributed by atoms with E-state index in [2.05, 4.69) is 20.8 Å². The van der Waals surface area contributed by atoms with Crippen molar-refractivity contribution in [3.8, 4) is 0 Å². The van der Waals surface area contributed by atoms with Gasteiger partial charge in [0, 0.05) is 0 Å². The van der Waals surface area contributed by atoms with Crippen LogP contribution in [0.1, 0.15) is 129 Å².